The number of nitrogens with zero attached hydrogens (tertiary/aromatic N) is 1. The van der Waals surface area contributed by atoms with E-state index in [0.717, 1.165) is 58.7 Å². The van der Waals surface area contributed by atoms with Crippen molar-refractivity contribution in [3.05, 3.63) is 0 Å². The molecule has 0 bridgehead atoms. The number of ether oxygens (including phenoxy) is 2. The maximum Gasteiger partial charge on any atom is 0.409 e. The maximum atomic E-state index is 11.7. The summed E-state index contributed by atoms with van der Waals surface area (Å²) in [5, 5.41) is 0. The molecule has 0 radical (unpaired) electrons. The number of nitrogens with one attached hydrogen (secondary N) is 1. The minimum Gasteiger partial charge on any atom is -1.00 e. The van der Waals surface area contributed by atoms with E-state index in [4.69, 9.17) is 9.47 Å². The van der Waals surface area contributed by atoms with Crippen molar-refractivity contribution >= 4 is 6.09 Å². The van der Waals surface area contributed by atoms with Gasteiger partial charge in [0.2, 0.25) is 0 Å². The first kappa shape index (κ1) is 16.5. The third-order valence-corrected chi connectivity index (χ3v) is 3.97. The Morgan fingerprint density at radius 3 is 2.58 bits per heavy atom. The lowest BCUT2D eigenvalue weighted by molar-refractivity contribution is -0.931. The van der Waals surface area contributed by atoms with E-state index in [1.54, 1.807) is 4.90 Å². The molecule has 0 spiro atoms. The molecule has 19 heavy (non-hydrogen) atoms. The quantitative estimate of drug-likeness (QED) is 0.598. The molecule has 1 N–H and O–H groups in total. The van der Waals surface area contributed by atoms with E-state index in [0.29, 0.717) is 12.6 Å². The van der Waals surface area contributed by atoms with Crippen LogP contribution in [0.15, 0.2) is 0 Å². The Morgan fingerprint density at radius 1 is 1.32 bits per heavy atom. The molecule has 1 amide bonds. The molecule has 1 atom stereocenters. The molecule has 1 unspecified atom stereocenters. The molecule has 0 aliphatic carbocycles. The third kappa shape index (κ3) is 5.16. The second-order valence-corrected chi connectivity index (χ2v) is 5.27. The summed E-state index contributed by atoms with van der Waals surface area (Å²) in [6.07, 6.45) is 3.04. The number of rotatable bonds is 4. The molecule has 5 nitrogen and oxygen atoms in total. The van der Waals surface area contributed by atoms with Crippen molar-refractivity contribution in [2.45, 2.75) is 32.2 Å². The van der Waals surface area contributed by atoms with E-state index in [-0.39, 0.29) is 18.5 Å². The van der Waals surface area contributed by atoms with Crippen molar-refractivity contribution in [1.82, 2.24) is 4.90 Å². The fourth-order valence-electron chi connectivity index (χ4n) is 2.64. The average molecular weight is 293 g/mol. The van der Waals surface area contributed by atoms with E-state index in [2.05, 4.69) is 6.92 Å². The minimum atomic E-state index is -0.128. The number of carbonyl (C=O) groups is 1. The highest BCUT2D eigenvalue weighted by Crippen LogP contribution is 2.08. The first-order valence-electron chi connectivity index (χ1n) is 7.11. The van der Waals surface area contributed by atoms with Crippen molar-refractivity contribution in [3.8, 4) is 0 Å². The Kier molecular flexibility index (Phi) is 7.49. The summed E-state index contributed by atoms with van der Waals surface area (Å²) >= 11 is 0. The summed E-state index contributed by atoms with van der Waals surface area (Å²) in [6, 6.07) is 0.542. The number of quaternary nitrogens is 1. The van der Waals surface area contributed by atoms with Crippen LogP contribution in [0.3, 0.4) is 0 Å². The van der Waals surface area contributed by atoms with Crippen LogP contribution in [0.4, 0.5) is 4.79 Å². The van der Waals surface area contributed by atoms with Crippen molar-refractivity contribution in [1.29, 1.82) is 0 Å². The van der Waals surface area contributed by atoms with Gasteiger partial charge in [0.15, 0.2) is 0 Å². The van der Waals surface area contributed by atoms with Gasteiger partial charge < -0.3 is 31.7 Å². The number of morpholine rings is 1. The summed E-state index contributed by atoms with van der Waals surface area (Å²) in [5.74, 6) is 0. The number of halogens is 1. The molecule has 6 heteroatoms. The monoisotopic (exact) mass is 292 g/mol. The smallest absolute Gasteiger partial charge is 0.409 e. The average Bonchev–Trinajstić information content (AvgIpc) is 2.93. The largest absolute Gasteiger partial charge is 1.00 e. The van der Waals surface area contributed by atoms with Gasteiger partial charge in [-0.15, -0.1) is 0 Å². The molecule has 0 aromatic heterocycles. The second kappa shape index (κ2) is 8.61. The van der Waals surface area contributed by atoms with Crippen LogP contribution in [0.2, 0.25) is 0 Å². The van der Waals surface area contributed by atoms with Crippen LogP contribution in [-0.4, -0.2) is 63.0 Å². The summed E-state index contributed by atoms with van der Waals surface area (Å²) in [4.78, 5) is 15.1. The van der Waals surface area contributed by atoms with Gasteiger partial charge in [0.05, 0.1) is 25.9 Å². The third-order valence-electron chi connectivity index (χ3n) is 3.97. The Labute approximate surface area is 121 Å². The van der Waals surface area contributed by atoms with Gasteiger partial charge in [0, 0.05) is 19.5 Å². The number of likely N-dealkylation sites (tertiary alicyclic amines) is 1. The van der Waals surface area contributed by atoms with Gasteiger partial charge in [-0.25, -0.2) is 4.79 Å². The zero-order valence-electron chi connectivity index (χ0n) is 11.7. The molecular formula is C13H25ClN2O3. The number of hydrogen-bond donors (Lipinski definition) is 1. The first-order chi connectivity index (χ1) is 8.77. The molecule has 2 rings (SSSR count). The molecule has 112 valence electrons. The van der Waals surface area contributed by atoms with Crippen molar-refractivity contribution < 1.29 is 31.6 Å². The lowest BCUT2D eigenvalue weighted by Gasteiger charge is -2.29. The first-order valence-corrected chi connectivity index (χ1v) is 7.11. The number of carbonyl (C=O) groups excluding carboxylic acids is 1. The van der Waals surface area contributed by atoms with Crippen LogP contribution in [-0.2, 0) is 9.47 Å². The van der Waals surface area contributed by atoms with Gasteiger partial charge in [0.25, 0.3) is 0 Å². The Bertz CT molecular complexity index is 267. The summed E-state index contributed by atoms with van der Waals surface area (Å²) in [5.41, 5.74) is 0. The Morgan fingerprint density at radius 2 is 1.95 bits per heavy atom. The van der Waals surface area contributed by atoms with Gasteiger partial charge in [0.1, 0.15) is 13.1 Å². The van der Waals surface area contributed by atoms with Crippen molar-refractivity contribution in [3.63, 3.8) is 0 Å². The van der Waals surface area contributed by atoms with Gasteiger partial charge in [-0.05, 0) is 19.8 Å². The predicted molar refractivity (Wildman–Crippen MR) is 67.7 cm³/mol. The zero-order chi connectivity index (χ0) is 12.8. The van der Waals surface area contributed by atoms with E-state index < -0.39 is 0 Å². The molecule has 2 saturated heterocycles. The van der Waals surface area contributed by atoms with Gasteiger partial charge in [-0.1, -0.05) is 0 Å². The molecule has 2 aliphatic rings. The fourth-order valence-corrected chi connectivity index (χ4v) is 2.64. The minimum absolute atomic E-state index is 0. The SMILES string of the molecule is CC(CCOC(=O)N1CCCC1)[NH+]1CCOCC1.[Cl-]. The van der Waals surface area contributed by atoms with Crippen molar-refractivity contribution in [2.24, 2.45) is 0 Å². The van der Waals surface area contributed by atoms with Crippen LogP contribution in [0.25, 0.3) is 0 Å². The molecule has 2 fully saturated rings. The number of amides is 1. The van der Waals surface area contributed by atoms with E-state index in [1.807, 2.05) is 4.90 Å². The van der Waals surface area contributed by atoms with E-state index >= 15 is 0 Å². The summed E-state index contributed by atoms with van der Waals surface area (Å²) in [7, 11) is 0. The highest BCUT2D eigenvalue weighted by molar-refractivity contribution is 5.67. The van der Waals surface area contributed by atoms with E-state index in [9.17, 15) is 4.79 Å². The second-order valence-electron chi connectivity index (χ2n) is 5.27. The molecule has 0 aromatic rings. The van der Waals surface area contributed by atoms with Crippen LogP contribution in [0.5, 0.6) is 0 Å². The van der Waals surface area contributed by atoms with Crippen molar-refractivity contribution in [2.75, 3.05) is 46.0 Å². The zero-order valence-corrected chi connectivity index (χ0v) is 12.5. The molecular weight excluding hydrogens is 268 g/mol. The predicted octanol–water partition coefficient (Wildman–Crippen LogP) is -3.08. The standard InChI is InChI=1S/C13H24N2O3.ClH/c1-12(14-7-10-17-11-8-14)4-9-18-13(16)15-5-2-3-6-15;/h12H,2-11H2,1H3;1H. The molecule has 2 aliphatic heterocycles. The van der Waals surface area contributed by atoms with Crippen LogP contribution >= 0.6 is 0 Å². The topological polar surface area (TPSA) is 43.2 Å². The van der Waals surface area contributed by atoms with Crippen LogP contribution < -0.4 is 17.3 Å². The lowest BCUT2D eigenvalue weighted by atomic mass is 10.2. The number of hydrogen-bond acceptors (Lipinski definition) is 3. The summed E-state index contributed by atoms with van der Waals surface area (Å²) < 4.78 is 10.7. The molecule has 2 heterocycles. The van der Waals surface area contributed by atoms with E-state index in [1.165, 1.54) is 0 Å². The highest BCUT2D eigenvalue weighted by atomic mass is 35.5. The fraction of sp³-hybridized carbons (Fsp3) is 0.923. The van der Waals surface area contributed by atoms with Crippen LogP contribution in [0.1, 0.15) is 26.2 Å². The molecule has 0 saturated carbocycles. The van der Waals surface area contributed by atoms with Crippen LogP contribution in [0, 0.1) is 0 Å². The summed E-state index contributed by atoms with van der Waals surface area (Å²) in [6.45, 7) is 8.35. The lowest BCUT2D eigenvalue weighted by Crippen LogP contribution is -3.17. The Balaban J connectivity index is 0.00000180. The highest BCUT2D eigenvalue weighted by Gasteiger charge is 2.22. The normalized spacial score (nSPS) is 21.8. The van der Waals surface area contributed by atoms with Gasteiger partial charge in [-0.2, -0.15) is 0 Å². The maximum absolute atomic E-state index is 11.7. The van der Waals surface area contributed by atoms with Gasteiger partial charge in [-0.3, -0.25) is 0 Å². The Hall–Kier alpha value is -0.520. The molecule has 0 aromatic carbocycles. The van der Waals surface area contributed by atoms with Gasteiger partial charge >= 0.3 is 6.09 Å².